The molecule has 0 saturated heterocycles. The molecule has 0 fully saturated rings. The summed E-state index contributed by atoms with van der Waals surface area (Å²) in [6.07, 6.45) is 1.59. The lowest BCUT2D eigenvalue weighted by atomic mass is 10.2. The first-order valence-electron chi connectivity index (χ1n) is 9.06. The van der Waals surface area contributed by atoms with Crippen LogP contribution in [0, 0.1) is 0 Å². The third kappa shape index (κ3) is 4.57. The maximum atomic E-state index is 12.3. The Kier molecular flexibility index (Phi) is 5.76. The van der Waals surface area contributed by atoms with Crippen LogP contribution in [0.4, 0.5) is 0 Å². The summed E-state index contributed by atoms with van der Waals surface area (Å²) in [6, 6.07) is 19.1. The van der Waals surface area contributed by atoms with Crippen molar-refractivity contribution in [3.63, 3.8) is 0 Å². The molecule has 7 heteroatoms. The number of carbonyl (C=O) groups is 1. The van der Waals surface area contributed by atoms with Gasteiger partial charge in [0.25, 0.3) is 0 Å². The molecule has 0 atom stereocenters. The Bertz CT molecular complexity index is 1120. The smallest absolute Gasteiger partial charge is 0.230 e. The van der Waals surface area contributed by atoms with Crippen LogP contribution in [0.25, 0.3) is 22.3 Å². The molecule has 0 unspecified atom stereocenters. The van der Waals surface area contributed by atoms with Crippen molar-refractivity contribution >= 4 is 28.6 Å². The van der Waals surface area contributed by atoms with Gasteiger partial charge in [0.15, 0.2) is 5.82 Å². The third-order valence-electron chi connectivity index (χ3n) is 4.28. The molecule has 6 nitrogen and oxygen atoms in total. The van der Waals surface area contributed by atoms with Crippen LogP contribution in [-0.2, 0) is 11.3 Å². The van der Waals surface area contributed by atoms with Crippen LogP contribution in [-0.4, -0.2) is 28.7 Å². The van der Waals surface area contributed by atoms with Gasteiger partial charge in [0, 0.05) is 10.9 Å². The van der Waals surface area contributed by atoms with Gasteiger partial charge < -0.3 is 14.5 Å². The minimum Gasteiger partial charge on any atom is -0.497 e. The quantitative estimate of drug-likeness (QED) is 0.365. The number of ether oxygens (including phenoxy) is 1. The van der Waals surface area contributed by atoms with Gasteiger partial charge in [-0.25, -0.2) is 9.97 Å². The molecule has 2 aromatic heterocycles. The van der Waals surface area contributed by atoms with Crippen LogP contribution >= 0.6 is 11.8 Å². The van der Waals surface area contributed by atoms with E-state index in [-0.39, 0.29) is 11.7 Å². The lowest BCUT2D eigenvalue weighted by molar-refractivity contribution is -0.118. The van der Waals surface area contributed by atoms with Gasteiger partial charge in [-0.3, -0.25) is 4.79 Å². The van der Waals surface area contributed by atoms with E-state index in [4.69, 9.17) is 14.1 Å². The number of aromatic nitrogens is 2. The van der Waals surface area contributed by atoms with Crippen molar-refractivity contribution in [2.24, 2.45) is 0 Å². The number of rotatable bonds is 7. The fourth-order valence-electron chi connectivity index (χ4n) is 2.82. The van der Waals surface area contributed by atoms with Crippen molar-refractivity contribution in [3.8, 4) is 17.1 Å². The topological polar surface area (TPSA) is 77.2 Å². The third-order valence-corrected chi connectivity index (χ3v) is 5.27. The maximum absolute atomic E-state index is 12.3. The molecule has 2 heterocycles. The van der Waals surface area contributed by atoms with E-state index in [1.165, 1.54) is 11.8 Å². The van der Waals surface area contributed by atoms with Crippen LogP contribution in [0.1, 0.15) is 5.76 Å². The van der Waals surface area contributed by atoms with E-state index in [0.29, 0.717) is 18.1 Å². The summed E-state index contributed by atoms with van der Waals surface area (Å²) in [5.74, 6) is 2.20. The Morgan fingerprint density at radius 1 is 1.10 bits per heavy atom. The molecule has 0 aliphatic carbocycles. The molecule has 29 heavy (non-hydrogen) atoms. The second kappa shape index (κ2) is 8.79. The number of hydrogen-bond acceptors (Lipinski definition) is 6. The van der Waals surface area contributed by atoms with Crippen molar-refractivity contribution < 1.29 is 13.9 Å². The van der Waals surface area contributed by atoms with E-state index >= 15 is 0 Å². The van der Waals surface area contributed by atoms with Crippen molar-refractivity contribution in [1.82, 2.24) is 15.3 Å². The van der Waals surface area contributed by atoms with Gasteiger partial charge in [-0.15, -0.1) is 0 Å². The zero-order valence-corrected chi connectivity index (χ0v) is 16.6. The van der Waals surface area contributed by atoms with Crippen LogP contribution in [0.2, 0.25) is 0 Å². The Labute approximate surface area is 172 Å². The van der Waals surface area contributed by atoms with Crippen LogP contribution in [0.5, 0.6) is 5.75 Å². The van der Waals surface area contributed by atoms with E-state index in [1.807, 2.05) is 54.6 Å². The molecule has 4 rings (SSSR count). The number of nitrogens with one attached hydrogen (secondary N) is 1. The van der Waals surface area contributed by atoms with Crippen molar-refractivity contribution in [3.05, 3.63) is 72.7 Å². The van der Waals surface area contributed by atoms with Crippen molar-refractivity contribution in [2.75, 3.05) is 12.9 Å². The first kappa shape index (κ1) is 19.0. The van der Waals surface area contributed by atoms with E-state index in [2.05, 4.69) is 10.3 Å². The summed E-state index contributed by atoms with van der Waals surface area (Å²) in [4.78, 5) is 21.7. The molecule has 2 aromatic carbocycles. The minimum atomic E-state index is -0.0951. The summed E-state index contributed by atoms with van der Waals surface area (Å²) < 4.78 is 10.6. The highest BCUT2D eigenvalue weighted by Gasteiger charge is 2.13. The SMILES string of the molecule is COc1ccc2nc(-c3ccccc3)nc(SCC(=O)NCc3ccco3)c2c1. The first-order valence-corrected chi connectivity index (χ1v) is 10.0. The summed E-state index contributed by atoms with van der Waals surface area (Å²) in [7, 11) is 1.62. The number of nitrogens with zero attached hydrogens (tertiary/aromatic N) is 2. The lowest BCUT2D eigenvalue weighted by Crippen LogP contribution is -2.24. The predicted octanol–water partition coefficient (Wildman–Crippen LogP) is 4.31. The van der Waals surface area contributed by atoms with E-state index in [9.17, 15) is 4.79 Å². The molecular weight excluding hydrogens is 386 g/mol. The molecule has 0 bridgehead atoms. The van der Waals surface area contributed by atoms with E-state index in [1.54, 1.807) is 19.4 Å². The number of thioether (sulfide) groups is 1. The fraction of sp³-hybridized carbons (Fsp3) is 0.136. The molecule has 0 saturated carbocycles. The van der Waals surface area contributed by atoms with Gasteiger partial charge in [-0.05, 0) is 30.3 Å². The Hall–Kier alpha value is -3.32. The number of methoxy groups -OCH3 is 1. The second-order valence-corrected chi connectivity index (χ2v) is 7.21. The van der Waals surface area contributed by atoms with Gasteiger partial charge in [-0.1, -0.05) is 42.1 Å². The average Bonchev–Trinajstić information content (AvgIpc) is 3.30. The monoisotopic (exact) mass is 405 g/mol. The second-order valence-electron chi connectivity index (χ2n) is 6.25. The predicted molar refractivity (Wildman–Crippen MR) is 113 cm³/mol. The molecule has 0 aliphatic heterocycles. The number of furan rings is 1. The molecule has 0 spiro atoms. The normalized spacial score (nSPS) is 10.8. The van der Waals surface area contributed by atoms with Crippen molar-refractivity contribution in [1.29, 1.82) is 0 Å². The molecule has 1 N–H and O–H groups in total. The van der Waals surface area contributed by atoms with Gasteiger partial charge in [0.1, 0.15) is 16.5 Å². The molecule has 0 radical (unpaired) electrons. The number of hydrogen-bond donors (Lipinski definition) is 1. The van der Waals surface area contributed by atoms with Gasteiger partial charge in [-0.2, -0.15) is 0 Å². The summed E-state index contributed by atoms with van der Waals surface area (Å²) >= 11 is 1.37. The van der Waals surface area contributed by atoms with Crippen LogP contribution in [0.15, 0.2) is 76.4 Å². The molecule has 0 aliphatic rings. The van der Waals surface area contributed by atoms with E-state index in [0.717, 1.165) is 27.2 Å². The number of benzene rings is 2. The highest BCUT2D eigenvalue weighted by molar-refractivity contribution is 8.00. The first-order chi connectivity index (χ1) is 14.2. The highest BCUT2D eigenvalue weighted by atomic mass is 32.2. The summed E-state index contributed by atoms with van der Waals surface area (Å²) in [6.45, 7) is 0.361. The number of amides is 1. The van der Waals surface area contributed by atoms with Gasteiger partial charge in [0.05, 0.1) is 31.2 Å². The Morgan fingerprint density at radius 2 is 1.97 bits per heavy atom. The fourth-order valence-corrected chi connectivity index (χ4v) is 3.66. The number of carbonyl (C=O) groups excluding carboxylic acids is 1. The van der Waals surface area contributed by atoms with Crippen molar-refractivity contribution in [2.45, 2.75) is 11.6 Å². The number of fused-ring (bicyclic) bond motifs is 1. The summed E-state index contributed by atoms with van der Waals surface area (Å²) in [5, 5.41) is 4.44. The van der Waals surface area contributed by atoms with Crippen LogP contribution < -0.4 is 10.1 Å². The van der Waals surface area contributed by atoms with E-state index < -0.39 is 0 Å². The summed E-state index contributed by atoms with van der Waals surface area (Å²) in [5.41, 5.74) is 1.73. The Balaban J connectivity index is 1.59. The average molecular weight is 405 g/mol. The standard InChI is InChI=1S/C22H19N3O3S/c1-27-16-9-10-19-18(12-16)22(25-21(24-19)15-6-3-2-4-7-15)29-14-20(26)23-13-17-8-5-11-28-17/h2-12H,13-14H2,1H3,(H,23,26). The maximum Gasteiger partial charge on any atom is 0.230 e. The largest absolute Gasteiger partial charge is 0.497 e. The minimum absolute atomic E-state index is 0.0951. The van der Waals surface area contributed by atoms with Crippen LogP contribution in [0.3, 0.4) is 0 Å². The lowest BCUT2D eigenvalue weighted by Gasteiger charge is -2.10. The van der Waals surface area contributed by atoms with Gasteiger partial charge >= 0.3 is 0 Å². The van der Waals surface area contributed by atoms with Gasteiger partial charge in [0.2, 0.25) is 5.91 Å². The zero-order valence-electron chi connectivity index (χ0n) is 15.8. The molecule has 1 amide bonds. The zero-order chi connectivity index (χ0) is 20.1. The Morgan fingerprint density at radius 3 is 2.72 bits per heavy atom. The highest BCUT2D eigenvalue weighted by Crippen LogP contribution is 2.30. The molecule has 146 valence electrons. The molecule has 4 aromatic rings. The molecular formula is C22H19N3O3S.